The standard InChI is InChI=1S/C16H16ClF3N4O/c1-2-3-7-21-15-22-8-6-12(24-15)14(25)23-13-9-10(16(18,19)20)4-5-11(13)17/h4-6,8-9H,2-3,7H2,1H3,(H,23,25)(H,21,22,24). The third kappa shape index (κ3) is 5.32. The van der Waals surface area contributed by atoms with Crippen LogP contribution in [0.25, 0.3) is 0 Å². The van der Waals surface area contributed by atoms with Crippen LogP contribution in [0.5, 0.6) is 0 Å². The van der Waals surface area contributed by atoms with E-state index in [1.54, 1.807) is 0 Å². The van der Waals surface area contributed by atoms with Gasteiger partial charge in [-0.3, -0.25) is 4.79 Å². The third-order valence-electron chi connectivity index (χ3n) is 3.24. The van der Waals surface area contributed by atoms with Gasteiger partial charge in [-0.2, -0.15) is 13.2 Å². The van der Waals surface area contributed by atoms with E-state index in [0.717, 1.165) is 31.0 Å². The zero-order valence-corrected chi connectivity index (χ0v) is 14.1. The number of hydrogen-bond acceptors (Lipinski definition) is 4. The summed E-state index contributed by atoms with van der Waals surface area (Å²) in [5.41, 5.74) is -1.03. The van der Waals surface area contributed by atoms with E-state index in [-0.39, 0.29) is 22.4 Å². The lowest BCUT2D eigenvalue weighted by Crippen LogP contribution is -2.16. The van der Waals surface area contributed by atoms with Crippen molar-refractivity contribution < 1.29 is 18.0 Å². The molecule has 0 saturated heterocycles. The molecule has 1 aromatic heterocycles. The Labute approximate surface area is 147 Å². The van der Waals surface area contributed by atoms with Crippen LogP contribution in [0.1, 0.15) is 35.8 Å². The molecule has 0 aliphatic heterocycles. The number of amides is 1. The molecule has 0 atom stereocenters. The van der Waals surface area contributed by atoms with Crippen molar-refractivity contribution in [1.82, 2.24) is 9.97 Å². The molecule has 0 aliphatic carbocycles. The molecule has 1 amide bonds. The first kappa shape index (κ1) is 19.0. The summed E-state index contributed by atoms with van der Waals surface area (Å²) in [6.07, 6.45) is -1.24. The minimum Gasteiger partial charge on any atom is -0.354 e. The Balaban J connectivity index is 2.16. The Morgan fingerprint density at radius 2 is 2.04 bits per heavy atom. The van der Waals surface area contributed by atoms with Crippen molar-refractivity contribution >= 4 is 29.1 Å². The maximum Gasteiger partial charge on any atom is 0.416 e. The molecule has 9 heteroatoms. The highest BCUT2D eigenvalue weighted by molar-refractivity contribution is 6.33. The van der Waals surface area contributed by atoms with E-state index in [1.807, 2.05) is 6.92 Å². The smallest absolute Gasteiger partial charge is 0.354 e. The van der Waals surface area contributed by atoms with Crippen molar-refractivity contribution in [1.29, 1.82) is 0 Å². The van der Waals surface area contributed by atoms with Crippen molar-refractivity contribution in [2.75, 3.05) is 17.2 Å². The molecule has 2 N–H and O–H groups in total. The van der Waals surface area contributed by atoms with Crippen LogP contribution in [0.2, 0.25) is 5.02 Å². The average molecular weight is 373 g/mol. The molecule has 0 saturated carbocycles. The van der Waals surface area contributed by atoms with Crippen LogP contribution in [0.3, 0.4) is 0 Å². The Morgan fingerprint density at radius 1 is 1.28 bits per heavy atom. The van der Waals surface area contributed by atoms with Crippen LogP contribution in [0, 0.1) is 0 Å². The van der Waals surface area contributed by atoms with Gasteiger partial charge < -0.3 is 10.6 Å². The van der Waals surface area contributed by atoms with Gasteiger partial charge in [-0.05, 0) is 30.7 Å². The second-order valence-electron chi connectivity index (χ2n) is 5.19. The average Bonchev–Trinajstić information content (AvgIpc) is 2.56. The number of nitrogens with zero attached hydrogens (tertiary/aromatic N) is 2. The van der Waals surface area contributed by atoms with E-state index in [1.165, 1.54) is 12.3 Å². The van der Waals surface area contributed by atoms with Gasteiger partial charge in [-0.25, -0.2) is 9.97 Å². The molecule has 0 spiro atoms. The van der Waals surface area contributed by atoms with Gasteiger partial charge in [0.05, 0.1) is 16.3 Å². The molecule has 1 aromatic carbocycles. The number of anilines is 2. The van der Waals surface area contributed by atoms with Crippen LogP contribution in [0.4, 0.5) is 24.8 Å². The lowest BCUT2D eigenvalue weighted by atomic mass is 10.2. The normalized spacial score (nSPS) is 11.2. The molecular weight excluding hydrogens is 357 g/mol. The number of halogens is 4. The number of nitrogens with one attached hydrogen (secondary N) is 2. The Hall–Kier alpha value is -2.35. The third-order valence-corrected chi connectivity index (χ3v) is 3.57. The second-order valence-corrected chi connectivity index (χ2v) is 5.60. The van der Waals surface area contributed by atoms with E-state index in [0.29, 0.717) is 6.54 Å². The van der Waals surface area contributed by atoms with E-state index in [4.69, 9.17) is 11.6 Å². The van der Waals surface area contributed by atoms with Gasteiger partial charge in [-0.1, -0.05) is 24.9 Å². The number of alkyl halides is 3. The molecule has 2 rings (SSSR count). The quantitative estimate of drug-likeness (QED) is 0.726. The van der Waals surface area contributed by atoms with E-state index in [9.17, 15) is 18.0 Å². The molecule has 5 nitrogen and oxygen atoms in total. The molecule has 0 radical (unpaired) electrons. The number of rotatable bonds is 6. The number of benzene rings is 1. The maximum absolute atomic E-state index is 12.8. The van der Waals surface area contributed by atoms with E-state index >= 15 is 0 Å². The van der Waals surface area contributed by atoms with Gasteiger partial charge in [0.1, 0.15) is 5.69 Å². The number of carbonyl (C=O) groups excluding carboxylic acids is 1. The monoisotopic (exact) mass is 372 g/mol. The topological polar surface area (TPSA) is 66.9 Å². The van der Waals surface area contributed by atoms with Gasteiger partial charge in [0.2, 0.25) is 5.95 Å². The van der Waals surface area contributed by atoms with Gasteiger partial charge >= 0.3 is 6.18 Å². The first-order chi connectivity index (χ1) is 11.8. The summed E-state index contributed by atoms with van der Waals surface area (Å²) < 4.78 is 38.3. The molecule has 2 aromatic rings. The molecule has 0 unspecified atom stereocenters. The Bertz CT molecular complexity index is 752. The molecule has 0 aliphatic rings. The zero-order valence-electron chi connectivity index (χ0n) is 13.3. The van der Waals surface area contributed by atoms with Crippen LogP contribution in [0.15, 0.2) is 30.5 Å². The Morgan fingerprint density at radius 3 is 2.72 bits per heavy atom. The van der Waals surface area contributed by atoms with Gasteiger partial charge in [0, 0.05) is 12.7 Å². The fraction of sp³-hybridized carbons (Fsp3) is 0.312. The first-order valence-corrected chi connectivity index (χ1v) is 7.94. The lowest BCUT2D eigenvalue weighted by molar-refractivity contribution is -0.137. The maximum atomic E-state index is 12.8. The number of aromatic nitrogens is 2. The van der Waals surface area contributed by atoms with Crippen LogP contribution in [-0.2, 0) is 6.18 Å². The summed E-state index contributed by atoms with van der Waals surface area (Å²) >= 11 is 5.87. The van der Waals surface area contributed by atoms with Gasteiger partial charge in [0.25, 0.3) is 5.91 Å². The number of unbranched alkanes of at least 4 members (excludes halogenated alkanes) is 1. The highest BCUT2D eigenvalue weighted by Gasteiger charge is 2.31. The lowest BCUT2D eigenvalue weighted by Gasteiger charge is -2.11. The van der Waals surface area contributed by atoms with Crippen molar-refractivity contribution in [3.05, 3.63) is 46.7 Å². The fourth-order valence-electron chi connectivity index (χ4n) is 1.93. The summed E-state index contributed by atoms with van der Waals surface area (Å²) in [5.74, 6) is -0.404. The van der Waals surface area contributed by atoms with Gasteiger partial charge in [0.15, 0.2) is 0 Å². The van der Waals surface area contributed by atoms with E-state index in [2.05, 4.69) is 20.6 Å². The van der Waals surface area contributed by atoms with Crippen molar-refractivity contribution in [2.45, 2.75) is 25.9 Å². The summed E-state index contributed by atoms with van der Waals surface area (Å²) in [5, 5.41) is 5.31. The predicted octanol–water partition coefficient (Wildman–Crippen LogP) is 4.61. The second kappa shape index (κ2) is 8.15. The van der Waals surface area contributed by atoms with Gasteiger partial charge in [-0.15, -0.1) is 0 Å². The summed E-state index contributed by atoms with van der Waals surface area (Å²) in [6, 6.07) is 4.07. The molecular formula is C16H16ClF3N4O. The van der Waals surface area contributed by atoms with Crippen molar-refractivity contribution in [3.8, 4) is 0 Å². The first-order valence-electron chi connectivity index (χ1n) is 7.56. The van der Waals surface area contributed by atoms with Crippen LogP contribution >= 0.6 is 11.6 Å². The van der Waals surface area contributed by atoms with Crippen LogP contribution < -0.4 is 10.6 Å². The number of carbonyl (C=O) groups is 1. The zero-order chi connectivity index (χ0) is 18.4. The highest BCUT2D eigenvalue weighted by Crippen LogP contribution is 2.33. The molecule has 134 valence electrons. The highest BCUT2D eigenvalue weighted by atomic mass is 35.5. The number of hydrogen-bond donors (Lipinski definition) is 2. The Kier molecular flexibility index (Phi) is 6.19. The van der Waals surface area contributed by atoms with Crippen molar-refractivity contribution in [2.24, 2.45) is 0 Å². The van der Waals surface area contributed by atoms with Crippen LogP contribution in [-0.4, -0.2) is 22.4 Å². The molecule has 0 bridgehead atoms. The van der Waals surface area contributed by atoms with E-state index < -0.39 is 17.6 Å². The molecule has 25 heavy (non-hydrogen) atoms. The minimum atomic E-state index is -4.53. The summed E-state index contributed by atoms with van der Waals surface area (Å²) in [4.78, 5) is 20.3. The SMILES string of the molecule is CCCCNc1nccc(C(=O)Nc2cc(C(F)(F)F)ccc2Cl)n1. The summed E-state index contributed by atoms with van der Waals surface area (Å²) in [7, 11) is 0. The summed E-state index contributed by atoms with van der Waals surface area (Å²) in [6.45, 7) is 2.69. The fourth-order valence-corrected chi connectivity index (χ4v) is 2.10. The minimum absolute atomic E-state index is 0.00306. The largest absolute Gasteiger partial charge is 0.416 e. The molecule has 1 heterocycles. The molecule has 0 fully saturated rings. The van der Waals surface area contributed by atoms with Crippen molar-refractivity contribution in [3.63, 3.8) is 0 Å². The predicted molar refractivity (Wildman–Crippen MR) is 89.8 cm³/mol.